The highest BCUT2D eigenvalue weighted by Crippen LogP contribution is 2.29. The van der Waals surface area contributed by atoms with E-state index in [-0.39, 0.29) is 17.3 Å². The molecule has 1 saturated heterocycles. The van der Waals surface area contributed by atoms with Crippen LogP contribution >= 0.6 is 0 Å². The largest absolute Gasteiger partial charge is 0.340 e. The van der Waals surface area contributed by atoms with Crippen LogP contribution in [0.3, 0.4) is 0 Å². The van der Waals surface area contributed by atoms with Crippen molar-refractivity contribution in [3.63, 3.8) is 0 Å². The van der Waals surface area contributed by atoms with Crippen LogP contribution in [-0.2, 0) is 14.8 Å². The quantitative estimate of drug-likeness (QED) is 0.871. The average molecular weight is 369 g/mol. The minimum absolute atomic E-state index is 0.0639. The van der Waals surface area contributed by atoms with Gasteiger partial charge in [0.1, 0.15) is 5.82 Å². The van der Waals surface area contributed by atoms with E-state index < -0.39 is 21.4 Å². The lowest BCUT2D eigenvalue weighted by atomic mass is 9.97. The van der Waals surface area contributed by atoms with Crippen molar-refractivity contribution in [3.05, 3.63) is 30.1 Å². The van der Waals surface area contributed by atoms with E-state index in [1.165, 1.54) is 16.4 Å². The fraction of sp³-hybridized carbons (Fsp3) is 0.588. The third kappa shape index (κ3) is 3.70. The highest BCUT2D eigenvalue weighted by Gasteiger charge is 2.40. The molecule has 2 aliphatic rings. The van der Waals surface area contributed by atoms with E-state index in [0.29, 0.717) is 38.9 Å². The molecule has 1 saturated carbocycles. The molecule has 1 aliphatic heterocycles. The maximum atomic E-state index is 13.0. The summed E-state index contributed by atoms with van der Waals surface area (Å²) >= 11 is 0. The fourth-order valence-electron chi connectivity index (χ4n) is 3.63. The van der Waals surface area contributed by atoms with Crippen molar-refractivity contribution >= 4 is 15.9 Å². The van der Waals surface area contributed by atoms with Crippen molar-refractivity contribution < 1.29 is 17.6 Å². The summed E-state index contributed by atoms with van der Waals surface area (Å²) in [6.45, 7) is 1.40. The van der Waals surface area contributed by atoms with Crippen LogP contribution in [0, 0.1) is 5.82 Å². The second kappa shape index (κ2) is 7.01. The molecule has 25 heavy (non-hydrogen) atoms. The van der Waals surface area contributed by atoms with Crippen LogP contribution in [0.5, 0.6) is 0 Å². The molecule has 1 aliphatic carbocycles. The van der Waals surface area contributed by atoms with Gasteiger partial charge in [0.2, 0.25) is 15.9 Å². The van der Waals surface area contributed by atoms with E-state index in [1.54, 1.807) is 4.90 Å². The number of carbonyl (C=O) groups excluding carboxylic acids is 1. The summed E-state index contributed by atoms with van der Waals surface area (Å²) in [5.74, 6) is -0.539. The Hall–Kier alpha value is -1.51. The third-order valence-corrected chi connectivity index (χ3v) is 7.03. The first-order valence-corrected chi connectivity index (χ1v) is 10.1. The number of halogens is 1. The SMILES string of the molecule is NC1(C(=O)N2CCCN(S(=O)(=O)c3ccc(F)cc3)CC2)CCCC1. The number of benzene rings is 1. The Morgan fingerprint density at radius 3 is 2.28 bits per heavy atom. The van der Waals surface area contributed by atoms with Crippen LogP contribution in [0.25, 0.3) is 0 Å². The summed E-state index contributed by atoms with van der Waals surface area (Å²) in [5, 5.41) is 0. The molecule has 0 bridgehead atoms. The monoisotopic (exact) mass is 369 g/mol. The highest BCUT2D eigenvalue weighted by atomic mass is 32.2. The van der Waals surface area contributed by atoms with Gasteiger partial charge in [-0.05, 0) is 43.5 Å². The molecule has 1 amide bonds. The van der Waals surface area contributed by atoms with Crippen molar-refractivity contribution in [3.8, 4) is 0 Å². The zero-order chi connectivity index (χ0) is 18.1. The summed E-state index contributed by atoms with van der Waals surface area (Å²) in [5.41, 5.74) is 5.46. The summed E-state index contributed by atoms with van der Waals surface area (Å²) in [4.78, 5) is 14.5. The van der Waals surface area contributed by atoms with Gasteiger partial charge in [-0.3, -0.25) is 4.79 Å². The summed E-state index contributed by atoms with van der Waals surface area (Å²) in [6, 6.07) is 4.81. The second-order valence-corrected chi connectivity index (χ2v) is 8.80. The molecule has 2 fully saturated rings. The third-order valence-electron chi connectivity index (χ3n) is 5.12. The Morgan fingerprint density at radius 2 is 1.64 bits per heavy atom. The number of hydrogen-bond donors (Lipinski definition) is 1. The molecule has 1 aromatic rings. The molecular formula is C17H24FN3O3S. The molecule has 8 heteroatoms. The lowest BCUT2D eigenvalue weighted by Crippen LogP contribution is -2.54. The Balaban J connectivity index is 1.71. The van der Waals surface area contributed by atoms with Crippen molar-refractivity contribution in [2.24, 2.45) is 5.73 Å². The molecular weight excluding hydrogens is 345 g/mol. The molecule has 0 unspecified atom stereocenters. The molecule has 0 aromatic heterocycles. The molecule has 0 atom stereocenters. The van der Waals surface area contributed by atoms with Crippen LogP contribution in [0.4, 0.5) is 4.39 Å². The maximum Gasteiger partial charge on any atom is 0.243 e. The van der Waals surface area contributed by atoms with Crippen molar-refractivity contribution in [2.45, 2.75) is 42.5 Å². The minimum Gasteiger partial charge on any atom is -0.340 e. The van der Waals surface area contributed by atoms with Crippen molar-refractivity contribution in [2.75, 3.05) is 26.2 Å². The molecule has 0 spiro atoms. The van der Waals surface area contributed by atoms with Crippen LogP contribution in [0.2, 0.25) is 0 Å². The number of carbonyl (C=O) groups is 1. The summed E-state index contributed by atoms with van der Waals surface area (Å²) < 4.78 is 39.9. The van der Waals surface area contributed by atoms with Gasteiger partial charge in [0.05, 0.1) is 10.4 Å². The van der Waals surface area contributed by atoms with E-state index in [4.69, 9.17) is 5.73 Å². The van der Waals surface area contributed by atoms with Gasteiger partial charge in [-0.2, -0.15) is 4.31 Å². The maximum absolute atomic E-state index is 13.0. The van der Waals surface area contributed by atoms with E-state index in [0.717, 1.165) is 25.0 Å². The fourth-order valence-corrected chi connectivity index (χ4v) is 5.10. The summed E-state index contributed by atoms with van der Waals surface area (Å²) in [6.07, 6.45) is 3.87. The molecule has 138 valence electrons. The molecule has 1 heterocycles. The van der Waals surface area contributed by atoms with Gasteiger partial charge in [-0.15, -0.1) is 0 Å². The molecule has 3 rings (SSSR count). The number of nitrogens with zero attached hydrogens (tertiary/aromatic N) is 2. The van der Waals surface area contributed by atoms with Crippen LogP contribution in [0.1, 0.15) is 32.1 Å². The van der Waals surface area contributed by atoms with E-state index in [1.807, 2.05) is 0 Å². The van der Waals surface area contributed by atoms with Gasteiger partial charge in [0, 0.05) is 26.2 Å². The van der Waals surface area contributed by atoms with Crippen molar-refractivity contribution in [1.29, 1.82) is 0 Å². The first-order chi connectivity index (χ1) is 11.8. The topological polar surface area (TPSA) is 83.7 Å². The van der Waals surface area contributed by atoms with E-state index in [9.17, 15) is 17.6 Å². The average Bonchev–Trinajstić information content (AvgIpc) is 2.89. The zero-order valence-electron chi connectivity index (χ0n) is 14.2. The predicted molar refractivity (Wildman–Crippen MR) is 91.7 cm³/mol. The van der Waals surface area contributed by atoms with Gasteiger partial charge < -0.3 is 10.6 Å². The Bertz CT molecular complexity index is 730. The number of amides is 1. The second-order valence-electron chi connectivity index (χ2n) is 6.87. The standard InChI is InChI=1S/C17H24FN3O3S/c18-14-4-6-15(7-5-14)25(23,24)21-11-3-10-20(12-13-21)16(22)17(19)8-1-2-9-17/h4-7H,1-3,8-13,19H2. The Labute approximate surface area is 147 Å². The Kier molecular flexibility index (Phi) is 5.13. The molecule has 2 N–H and O–H groups in total. The zero-order valence-corrected chi connectivity index (χ0v) is 15.0. The van der Waals surface area contributed by atoms with Crippen LogP contribution in [-0.4, -0.2) is 55.2 Å². The van der Waals surface area contributed by atoms with E-state index in [2.05, 4.69) is 0 Å². The van der Waals surface area contributed by atoms with Crippen LogP contribution in [0.15, 0.2) is 29.2 Å². The van der Waals surface area contributed by atoms with E-state index >= 15 is 0 Å². The number of sulfonamides is 1. The Morgan fingerprint density at radius 1 is 1.00 bits per heavy atom. The predicted octanol–water partition coefficient (Wildman–Crippen LogP) is 1.32. The van der Waals surface area contributed by atoms with Crippen molar-refractivity contribution in [1.82, 2.24) is 9.21 Å². The van der Waals surface area contributed by atoms with Gasteiger partial charge >= 0.3 is 0 Å². The lowest BCUT2D eigenvalue weighted by molar-refractivity contribution is -0.136. The number of nitrogens with two attached hydrogens (primary N) is 1. The number of hydrogen-bond acceptors (Lipinski definition) is 4. The van der Waals surface area contributed by atoms with Crippen LogP contribution < -0.4 is 5.73 Å². The minimum atomic E-state index is -3.69. The normalized spacial score (nSPS) is 21.9. The molecule has 6 nitrogen and oxygen atoms in total. The summed E-state index contributed by atoms with van der Waals surface area (Å²) in [7, 11) is -3.69. The lowest BCUT2D eigenvalue weighted by Gasteiger charge is -2.30. The van der Waals surface area contributed by atoms with Gasteiger partial charge in [-0.25, -0.2) is 12.8 Å². The van der Waals surface area contributed by atoms with Gasteiger partial charge in [0.25, 0.3) is 0 Å². The van der Waals surface area contributed by atoms with Gasteiger partial charge in [0.15, 0.2) is 0 Å². The number of rotatable bonds is 3. The molecule has 0 radical (unpaired) electrons. The molecule has 1 aromatic carbocycles. The first kappa shape index (κ1) is 18.3. The highest BCUT2D eigenvalue weighted by molar-refractivity contribution is 7.89. The first-order valence-electron chi connectivity index (χ1n) is 8.67. The van der Waals surface area contributed by atoms with Gasteiger partial charge in [-0.1, -0.05) is 12.8 Å². The smallest absolute Gasteiger partial charge is 0.243 e.